The zero-order valence-electron chi connectivity index (χ0n) is 17.2. The number of hydrogen-bond acceptors (Lipinski definition) is 5. The van der Waals surface area contributed by atoms with Crippen LogP contribution in [0.1, 0.15) is 26.4 Å². The van der Waals surface area contributed by atoms with Crippen LogP contribution in [-0.4, -0.2) is 59.1 Å². The average Bonchev–Trinajstić information content (AvgIpc) is 3.48. The zero-order valence-corrected chi connectivity index (χ0v) is 17.2. The zero-order chi connectivity index (χ0) is 22.1. The monoisotopic (exact) mass is 431 g/mol. The van der Waals surface area contributed by atoms with Crippen LogP contribution in [0.5, 0.6) is 5.75 Å². The molecule has 2 aromatic carbocycles. The number of rotatable bonds is 4. The first-order valence-corrected chi connectivity index (χ1v) is 10.4. The lowest BCUT2D eigenvalue weighted by molar-refractivity contribution is -0.123. The second kappa shape index (κ2) is 8.18. The van der Waals surface area contributed by atoms with Gasteiger partial charge >= 0.3 is 0 Å². The van der Waals surface area contributed by atoms with E-state index in [4.69, 9.17) is 4.74 Å². The lowest BCUT2D eigenvalue weighted by atomic mass is 10.1. The second-order valence-corrected chi connectivity index (χ2v) is 7.70. The SMILES string of the molecule is O=C1CN(C(=O)c2ccc(NC(=O)c3cc(-c4ccc5c(c4)CCO5)n[nH]3)cc2)CCN1. The van der Waals surface area contributed by atoms with Crippen molar-refractivity contribution in [1.82, 2.24) is 20.4 Å². The summed E-state index contributed by atoms with van der Waals surface area (Å²) in [6.07, 6.45) is 0.865. The molecule has 0 saturated carbocycles. The number of carbonyl (C=O) groups is 3. The third kappa shape index (κ3) is 3.92. The van der Waals surface area contributed by atoms with Crippen molar-refractivity contribution in [2.24, 2.45) is 0 Å². The maximum Gasteiger partial charge on any atom is 0.273 e. The van der Waals surface area contributed by atoms with Gasteiger partial charge in [-0.3, -0.25) is 19.5 Å². The molecule has 3 aromatic rings. The smallest absolute Gasteiger partial charge is 0.273 e. The first-order valence-electron chi connectivity index (χ1n) is 10.4. The van der Waals surface area contributed by atoms with E-state index in [2.05, 4.69) is 20.8 Å². The van der Waals surface area contributed by atoms with E-state index in [0.29, 0.717) is 42.3 Å². The Morgan fingerprint density at radius 2 is 1.94 bits per heavy atom. The van der Waals surface area contributed by atoms with E-state index in [-0.39, 0.29) is 24.3 Å². The number of nitrogens with zero attached hydrogens (tertiary/aromatic N) is 2. The highest BCUT2D eigenvalue weighted by molar-refractivity contribution is 6.04. The number of benzene rings is 2. The van der Waals surface area contributed by atoms with Crippen molar-refractivity contribution < 1.29 is 19.1 Å². The van der Waals surface area contributed by atoms with Gasteiger partial charge in [-0.1, -0.05) is 0 Å². The van der Waals surface area contributed by atoms with Gasteiger partial charge in [0.25, 0.3) is 11.8 Å². The highest BCUT2D eigenvalue weighted by Crippen LogP contribution is 2.30. The Morgan fingerprint density at radius 1 is 1.09 bits per heavy atom. The Balaban J connectivity index is 1.24. The van der Waals surface area contributed by atoms with Gasteiger partial charge in [0.05, 0.1) is 18.8 Å². The molecule has 0 atom stereocenters. The topological polar surface area (TPSA) is 116 Å². The molecule has 5 rings (SSSR count). The quantitative estimate of drug-likeness (QED) is 0.583. The fraction of sp³-hybridized carbons (Fsp3) is 0.217. The van der Waals surface area contributed by atoms with E-state index in [1.165, 1.54) is 4.90 Å². The number of fused-ring (bicyclic) bond motifs is 1. The van der Waals surface area contributed by atoms with Crippen molar-refractivity contribution in [2.75, 3.05) is 31.6 Å². The van der Waals surface area contributed by atoms with E-state index in [1.807, 2.05) is 18.2 Å². The van der Waals surface area contributed by atoms with Crippen LogP contribution in [0.2, 0.25) is 0 Å². The molecule has 2 aliphatic heterocycles. The van der Waals surface area contributed by atoms with Gasteiger partial charge in [-0.15, -0.1) is 0 Å². The Kier molecular flexibility index (Phi) is 5.06. The minimum absolute atomic E-state index is 0.0523. The molecule has 1 saturated heterocycles. The van der Waals surface area contributed by atoms with Gasteiger partial charge in [0.15, 0.2) is 0 Å². The molecule has 0 spiro atoms. The van der Waals surface area contributed by atoms with Gasteiger partial charge in [-0.05, 0) is 54.1 Å². The van der Waals surface area contributed by atoms with Gasteiger partial charge in [0.1, 0.15) is 11.4 Å². The highest BCUT2D eigenvalue weighted by atomic mass is 16.5. The number of amides is 3. The number of H-pyrrole nitrogens is 1. The number of anilines is 1. The fourth-order valence-corrected chi connectivity index (χ4v) is 3.82. The van der Waals surface area contributed by atoms with Crippen LogP contribution in [0, 0.1) is 0 Å². The predicted molar refractivity (Wildman–Crippen MR) is 117 cm³/mol. The number of ether oxygens (including phenoxy) is 1. The largest absolute Gasteiger partial charge is 0.493 e. The predicted octanol–water partition coefficient (Wildman–Crippen LogP) is 1.84. The number of aromatic nitrogens is 2. The summed E-state index contributed by atoms with van der Waals surface area (Å²) in [5.74, 6) is 0.184. The summed E-state index contributed by atoms with van der Waals surface area (Å²) < 4.78 is 5.53. The molecule has 3 amide bonds. The van der Waals surface area contributed by atoms with Gasteiger partial charge < -0.3 is 20.3 Å². The fourth-order valence-electron chi connectivity index (χ4n) is 3.82. The minimum atomic E-state index is -0.333. The molecule has 0 radical (unpaired) electrons. The Labute approximate surface area is 183 Å². The lowest BCUT2D eigenvalue weighted by Crippen LogP contribution is -2.49. The summed E-state index contributed by atoms with van der Waals surface area (Å²) in [7, 11) is 0. The summed E-state index contributed by atoms with van der Waals surface area (Å²) >= 11 is 0. The van der Waals surface area contributed by atoms with Crippen LogP contribution in [0.3, 0.4) is 0 Å². The second-order valence-electron chi connectivity index (χ2n) is 7.70. The van der Waals surface area contributed by atoms with Crippen LogP contribution in [0.15, 0.2) is 48.5 Å². The molecule has 3 N–H and O–H groups in total. The number of nitrogens with one attached hydrogen (secondary N) is 3. The Bertz CT molecular complexity index is 1200. The van der Waals surface area contributed by atoms with Crippen LogP contribution < -0.4 is 15.4 Å². The number of carbonyl (C=O) groups excluding carboxylic acids is 3. The van der Waals surface area contributed by atoms with E-state index < -0.39 is 0 Å². The molecule has 32 heavy (non-hydrogen) atoms. The van der Waals surface area contributed by atoms with Crippen molar-refractivity contribution in [3.63, 3.8) is 0 Å². The van der Waals surface area contributed by atoms with Gasteiger partial charge in [-0.25, -0.2) is 0 Å². The molecule has 0 aliphatic carbocycles. The van der Waals surface area contributed by atoms with Gasteiger partial charge in [0.2, 0.25) is 5.91 Å². The number of aromatic amines is 1. The van der Waals surface area contributed by atoms with Crippen LogP contribution >= 0.6 is 0 Å². The van der Waals surface area contributed by atoms with Crippen LogP contribution in [-0.2, 0) is 11.2 Å². The first kappa shape index (κ1) is 19.8. The lowest BCUT2D eigenvalue weighted by Gasteiger charge is -2.26. The van der Waals surface area contributed by atoms with Crippen molar-refractivity contribution in [2.45, 2.75) is 6.42 Å². The minimum Gasteiger partial charge on any atom is -0.493 e. The first-order chi connectivity index (χ1) is 15.6. The molecule has 1 fully saturated rings. The highest BCUT2D eigenvalue weighted by Gasteiger charge is 2.22. The van der Waals surface area contributed by atoms with E-state index in [0.717, 1.165) is 23.3 Å². The van der Waals surface area contributed by atoms with Crippen molar-refractivity contribution in [3.05, 3.63) is 65.4 Å². The van der Waals surface area contributed by atoms with Crippen LogP contribution in [0.4, 0.5) is 5.69 Å². The third-order valence-corrected chi connectivity index (χ3v) is 5.52. The summed E-state index contributed by atoms with van der Waals surface area (Å²) in [4.78, 5) is 38.2. The molecule has 0 bridgehead atoms. The normalized spacial score (nSPS) is 15.0. The Morgan fingerprint density at radius 3 is 2.75 bits per heavy atom. The van der Waals surface area contributed by atoms with Gasteiger partial charge in [0, 0.05) is 36.3 Å². The van der Waals surface area contributed by atoms with E-state index >= 15 is 0 Å². The number of piperazine rings is 1. The molecule has 3 heterocycles. The molecular formula is C23H21N5O4. The molecule has 2 aliphatic rings. The van der Waals surface area contributed by atoms with E-state index in [1.54, 1.807) is 30.3 Å². The summed E-state index contributed by atoms with van der Waals surface area (Å²) in [6.45, 7) is 1.66. The van der Waals surface area contributed by atoms with Crippen molar-refractivity contribution in [1.29, 1.82) is 0 Å². The molecule has 9 nitrogen and oxygen atoms in total. The molecule has 162 valence electrons. The Hall–Kier alpha value is -4.14. The molecule has 0 unspecified atom stereocenters. The van der Waals surface area contributed by atoms with E-state index in [9.17, 15) is 14.4 Å². The summed E-state index contributed by atoms with van der Waals surface area (Å²) in [5, 5.41) is 12.5. The van der Waals surface area contributed by atoms with Gasteiger partial charge in [-0.2, -0.15) is 5.10 Å². The summed E-state index contributed by atoms with van der Waals surface area (Å²) in [5.41, 5.74) is 4.07. The van der Waals surface area contributed by atoms with Crippen LogP contribution in [0.25, 0.3) is 11.3 Å². The maximum atomic E-state index is 12.6. The standard InChI is InChI=1S/C23H21N5O4/c29-21-13-28(9-8-24-21)23(31)14-1-4-17(5-2-14)25-22(30)19-12-18(26-27-19)15-3-6-20-16(11-15)7-10-32-20/h1-6,11-12H,7-10,13H2,(H,24,29)(H,25,30)(H,26,27). The molecular weight excluding hydrogens is 410 g/mol. The number of hydrogen-bond donors (Lipinski definition) is 3. The molecule has 9 heteroatoms. The maximum absolute atomic E-state index is 12.6. The van der Waals surface area contributed by atoms with Crippen molar-refractivity contribution >= 4 is 23.4 Å². The average molecular weight is 431 g/mol. The molecule has 1 aromatic heterocycles. The van der Waals surface area contributed by atoms with Crippen molar-refractivity contribution in [3.8, 4) is 17.0 Å². The third-order valence-electron chi connectivity index (χ3n) is 5.52. The summed E-state index contributed by atoms with van der Waals surface area (Å²) in [6, 6.07) is 14.2.